The summed E-state index contributed by atoms with van der Waals surface area (Å²) < 4.78 is 5.10. The lowest BCUT2D eigenvalue weighted by molar-refractivity contribution is -0.139. The summed E-state index contributed by atoms with van der Waals surface area (Å²) in [6.07, 6.45) is 5.21. The summed E-state index contributed by atoms with van der Waals surface area (Å²) >= 11 is 0. The van der Waals surface area contributed by atoms with E-state index in [0.717, 1.165) is 12.8 Å². The molecule has 0 fully saturated rings. The molecular weight excluding hydrogens is 310 g/mol. The van der Waals surface area contributed by atoms with E-state index in [1.165, 1.54) is 13.3 Å². The summed E-state index contributed by atoms with van der Waals surface area (Å²) in [5.41, 5.74) is 3.38. The molecule has 7 nitrogen and oxygen atoms in total. The lowest BCUT2D eigenvalue weighted by Crippen LogP contribution is -2.38. The Hall–Kier alpha value is -2.83. The zero-order valence-corrected chi connectivity index (χ0v) is 14.0. The first-order chi connectivity index (χ1) is 11.5. The van der Waals surface area contributed by atoms with E-state index >= 15 is 0 Å². The van der Waals surface area contributed by atoms with Crippen molar-refractivity contribution in [3.05, 3.63) is 35.9 Å². The number of carbonyl (C=O) groups is 2. The van der Waals surface area contributed by atoms with Gasteiger partial charge >= 0.3 is 11.8 Å². The van der Waals surface area contributed by atoms with Gasteiger partial charge in [-0.05, 0) is 30.5 Å². The quantitative estimate of drug-likeness (QED) is 0.221. The zero-order chi connectivity index (χ0) is 17.9. The molecule has 0 bridgehead atoms. The molecule has 0 atom stereocenters. The van der Waals surface area contributed by atoms with E-state index in [0.29, 0.717) is 29.8 Å². The minimum atomic E-state index is -0.834. The average molecular weight is 333 g/mol. The van der Waals surface area contributed by atoms with E-state index in [4.69, 9.17) is 4.74 Å². The number of methoxy groups -OCH3 is 1. The van der Waals surface area contributed by atoms with Crippen LogP contribution in [0.5, 0.6) is 11.5 Å². The van der Waals surface area contributed by atoms with Crippen LogP contribution >= 0.6 is 0 Å². The van der Waals surface area contributed by atoms with Crippen molar-refractivity contribution in [2.75, 3.05) is 13.7 Å². The van der Waals surface area contributed by atoms with Gasteiger partial charge in [0.1, 0.15) is 0 Å². The van der Waals surface area contributed by atoms with E-state index < -0.39 is 11.8 Å². The van der Waals surface area contributed by atoms with E-state index in [-0.39, 0.29) is 5.75 Å². The molecule has 1 aromatic rings. The highest BCUT2D eigenvalue weighted by Gasteiger charge is 2.12. The highest BCUT2D eigenvalue weighted by molar-refractivity contribution is 6.35. The molecule has 0 heterocycles. The van der Waals surface area contributed by atoms with Gasteiger partial charge in [0, 0.05) is 12.1 Å². The molecule has 1 aromatic carbocycles. The number of allylic oxidation sites excluding steroid dienone is 1. The Morgan fingerprint density at radius 2 is 2.12 bits per heavy atom. The standard InChI is InChI=1S/C17H23N3O4/c1-4-6-8-18-16(22)17(23)20-19-11-12-9-13(7-5-2)15(21)14(10-12)24-3/h5,9-11,21H,2,4,6-8H2,1,3H3,(H,18,22)(H,20,23)/b19-11+. The SMILES string of the molecule is C=CCc1cc(/C=N/NC(=O)C(=O)NCCCC)cc(OC)c1O. The predicted molar refractivity (Wildman–Crippen MR) is 92.2 cm³/mol. The van der Waals surface area contributed by atoms with Gasteiger partial charge in [0.15, 0.2) is 11.5 Å². The fourth-order valence-corrected chi connectivity index (χ4v) is 1.91. The molecule has 0 saturated heterocycles. The summed E-state index contributed by atoms with van der Waals surface area (Å²) in [5, 5.41) is 16.2. The van der Waals surface area contributed by atoms with Gasteiger partial charge in [0.2, 0.25) is 0 Å². The number of hydrogen-bond donors (Lipinski definition) is 3. The van der Waals surface area contributed by atoms with E-state index in [2.05, 4.69) is 22.4 Å². The number of amides is 2. The number of benzene rings is 1. The van der Waals surface area contributed by atoms with Crippen LogP contribution in [0, 0.1) is 0 Å². The van der Waals surface area contributed by atoms with Crippen molar-refractivity contribution in [2.45, 2.75) is 26.2 Å². The Morgan fingerprint density at radius 3 is 2.75 bits per heavy atom. The third-order valence-electron chi connectivity index (χ3n) is 3.16. The summed E-state index contributed by atoms with van der Waals surface area (Å²) in [7, 11) is 1.44. The number of nitrogens with zero attached hydrogens (tertiary/aromatic N) is 1. The molecule has 0 saturated carbocycles. The molecular formula is C17H23N3O4. The van der Waals surface area contributed by atoms with Crippen molar-refractivity contribution in [3.63, 3.8) is 0 Å². The number of ether oxygens (including phenoxy) is 1. The second-order valence-electron chi connectivity index (χ2n) is 5.03. The van der Waals surface area contributed by atoms with Gasteiger partial charge in [-0.2, -0.15) is 5.10 Å². The average Bonchev–Trinajstić information content (AvgIpc) is 2.57. The third kappa shape index (κ3) is 5.75. The van der Waals surface area contributed by atoms with Crippen LogP contribution in [0.3, 0.4) is 0 Å². The maximum Gasteiger partial charge on any atom is 0.329 e. The van der Waals surface area contributed by atoms with Crippen molar-refractivity contribution in [3.8, 4) is 11.5 Å². The molecule has 0 unspecified atom stereocenters. The van der Waals surface area contributed by atoms with E-state index in [1.54, 1.807) is 18.2 Å². The highest BCUT2D eigenvalue weighted by atomic mass is 16.5. The molecule has 3 N–H and O–H groups in total. The Balaban J connectivity index is 2.73. The molecule has 1 rings (SSSR count). The largest absolute Gasteiger partial charge is 0.504 e. The van der Waals surface area contributed by atoms with Crippen molar-refractivity contribution in [1.82, 2.24) is 10.7 Å². The number of hydrogen-bond acceptors (Lipinski definition) is 5. The smallest absolute Gasteiger partial charge is 0.329 e. The molecule has 0 spiro atoms. The topological polar surface area (TPSA) is 100 Å². The number of hydrazone groups is 1. The summed E-state index contributed by atoms with van der Waals surface area (Å²) in [6.45, 7) is 6.07. The molecule has 24 heavy (non-hydrogen) atoms. The second kappa shape index (κ2) is 10.0. The maximum absolute atomic E-state index is 11.6. The molecule has 0 aliphatic carbocycles. The maximum atomic E-state index is 11.6. The number of phenols is 1. The van der Waals surface area contributed by atoms with E-state index in [9.17, 15) is 14.7 Å². The van der Waals surface area contributed by atoms with Crippen molar-refractivity contribution < 1.29 is 19.4 Å². The fraction of sp³-hybridized carbons (Fsp3) is 0.353. The monoisotopic (exact) mass is 333 g/mol. The van der Waals surface area contributed by atoms with Gasteiger partial charge in [-0.3, -0.25) is 9.59 Å². The second-order valence-corrected chi connectivity index (χ2v) is 5.03. The Bertz CT molecular complexity index is 627. The fourth-order valence-electron chi connectivity index (χ4n) is 1.91. The van der Waals surface area contributed by atoms with Crippen molar-refractivity contribution in [2.24, 2.45) is 5.10 Å². The first-order valence-electron chi connectivity index (χ1n) is 7.65. The lowest BCUT2D eigenvalue weighted by atomic mass is 10.1. The lowest BCUT2D eigenvalue weighted by Gasteiger charge is -2.09. The number of rotatable bonds is 8. The number of nitrogens with one attached hydrogen (secondary N) is 2. The molecule has 0 aliphatic rings. The molecule has 0 radical (unpaired) electrons. The Labute approximate surface area is 141 Å². The molecule has 2 amide bonds. The van der Waals surface area contributed by atoms with Crippen LogP contribution in [0.25, 0.3) is 0 Å². The van der Waals surface area contributed by atoms with Crippen LogP contribution in [-0.2, 0) is 16.0 Å². The van der Waals surface area contributed by atoms with Crippen molar-refractivity contribution >= 4 is 18.0 Å². The molecule has 130 valence electrons. The summed E-state index contributed by atoms with van der Waals surface area (Å²) in [6, 6.07) is 3.26. The summed E-state index contributed by atoms with van der Waals surface area (Å²) in [4.78, 5) is 23.0. The Morgan fingerprint density at radius 1 is 1.38 bits per heavy atom. The van der Waals surface area contributed by atoms with Crippen LogP contribution in [0.2, 0.25) is 0 Å². The van der Waals surface area contributed by atoms with Gasteiger partial charge in [0.25, 0.3) is 0 Å². The van der Waals surface area contributed by atoms with E-state index in [1.807, 2.05) is 6.92 Å². The first kappa shape index (κ1) is 19.2. The van der Waals surface area contributed by atoms with Crippen LogP contribution in [-0.4, -0.2) is 36.8 Å². The third-order valence-corrected chi connectivity index (χ3v) is 3.16. The minimum absolute atomic E-state index is 0.0360. The normalized spacial score (nSPS) is 10.4. The van der Waals surface area contributed by atoms with Crippen LogP contribution in [0.4, 0.5) is 0 Å². The van der Waals surface area contributed by atoms with Crippen LogP contribution in [0.15, 0.2) is 29.9 Å². The minimum Gasteiger partial charge on any atom is -0.504 e. The van der Waals surface area contributed by atoms with Crippen LogP contribution < -0.4 is 15.5 Å². The molecule has 0 aromatic heterocycles. The van der Waals surface area contributed by atoms with Crippen molar-refractivity contribution in [1.29, 1.82) is 0 Å². The summed E-state index contributed by atoms with van der Waals surface area (Å²) in [5.74, 6) is -1.23. The van der Waals surface area contributed by atoms with Gasteiger partial charge in [-0.15, -0.1) is 6.58 Å². The Kier molecular flexibility index (Phi) is 8.04. The number of unbranched alkanes of at least 4 members (excludes halogenated alkanes) is 1. The van der Waals surface area contributed by atoms with Gasteiger partial charge < -0.3 is 15.2 Å². The number of phenolic OH excluding ortho intramolecular Hbond substituents is 1. The zero-order valence-electron chi connectivity index (χ0n) is 14.0. The van der Waals surface area contributed by atoms with Gasteiger partial charge in [-0.1, -0.05) is 19.4 Å². The number of carbonyl (C=O) groups excluding carboxylic acids is 2. The van der Waals surface area contributed by atoms with Gasteiger partial charge in [-0.25, -0.2) is 5.43 Å². The first-order valence-corrected chi connectivity index (χ1v) is 7.65. The molecule has 7 heteroatoms. The van der Waals surface area contributed by atoms with Crippen LogP contribution in [0.1, 0.15) is 30.9 Å². The van der Waals surface area contributed by atoms with Gasteiger partial charge in [0.05, 0.1) is 13.3 Å². The molecule has 0 aliphatic heterocycles. The highest BCUT2D eigenvalue weighted by Crippen LogP contribution is 2.31. The number of aromatic hydroxyl groups is 1. The predicted octanol–water partition coefficient (Wildman–Crippen LogP) is 1.50.